The van der Waals surface area contributed by atoms with Crippen LogP contribution in [0, 0.1) is 0 Å². The second-order valence-corrected chi connectivity index (χ2v) is 2.44. The van der Waals surface area contributed by atoms with Crippen LogP contribution in [0.2, 0.25) is 0 Å². The van der Waals surface area contributed by atoms with Crippen LogP contribution in [-0.2, 0) is 4.79 Å². The highest BCUT2D eigenvalue weighted by Crippen LogP contribution is 1.99. The van der Waals surface area contributed by atoms with Crippen molar-refractivity contribution in [2.24, 2.45) is 5.73 Å². The zero-order valence-corrected chi connectivity index (χ0v) is 7.42. The van der Waals surface area contributed by atoms with Gasteiger partial charge in [-0.3, -0.25) is 4.79 Å². The minimum atomic E-state index is -0.250. The molecule has 0 heterocycles. The third kappa shape index (κ3) is 17.7. The predicted molar refractivity (Wildman–Crippen MR) is 46.5 cm³/mol. The molecule has 0 saturated carbocycles. The Morgan fingerprint density at radius 2 is 1.64 bits per heavy atom. The summed E-state index contributed by atoms with van der Waals surface area (Å²) in [5.41, 5.74) is 5.69. The number of carbonyl (C=O) groups is 1. The maximum atomic E-state index is 8.36. The number of hydrogen-bond donors (Lipinski definition) is 2. The fourth-order valence-corrected chi connectivity index (χ4v) is 0.886. The summed E-state index contributed by atoms with van der Waals surface area (Å²) in [5, 5.41) is 6.89. The Kier molecular flexibility index (Phi) is 14.4. The Bertz CT molecular complexity index is 70.5. The van der Waals surface area contributed by atoms with Crippen molar-refractivity contribution < 1.29 is 9.90 Å². The lowest BCUT2D eigenvalue weighted by Crippen LogP contribution is -2.18. The predicted octanol–water partition coefficient (Wildman–Crippen LogP) is 1.61. The van der Waals surface area contributed by atoms with Gasteiger partial charge in [0.2, 0.25) is 0 Å². The zero-order valence-electron chi connectivity index (χ0n) is 7.42. The molecule has 0 fully saturated rings. The Morgan fingerprint density at radius 3 is 1.82 bits per heavy atom. The standard InChI is InChI=1S/C7H17N.CH2O2/c1-3-5-7(8)6-4-2;2-1-3/h7H,3-6,8H2,1-2H3;1H,(H,2,3). The van der Waals surface area contributed by atoms with Gasteiger partial charge < -0.3 is 10.8 Å². The number of carboxylic acid groups (broad SMARTS) is 1. The molecule has 0 saturated heterocycles. The first kappa shape index (κ1) is 13.1. The van der Waals surface area contributed by atoms with Crippen molar-refractivity contribution >= 4 is 6.47 Å². The van der Waals surface area contributed by atoms with E-state index in [4.69, 9.17) is 15.6 Å². The molecule has 3 heteroatoms. The number of rotatable bonds is 4. The van der Waals surface area contributed by atoms with E-state index in [1.54, 1.807) is 0 Å². The molecule has 0 aliphatic heterocycles. The molecule has 0 bridgehead atoms. The van der Waals surface area contributed by atoms with Crippen LogP contribution < -0.4 is 5.73 Å². The summed E-state index contributed by atoms with van der Waals surface area (Å²) in [5.74, 6) is 0. The minimum absolute atomic E-state index is 0.250. The Morgan fingerprint density at radius 1 is 1.36 bits per heavy atom. The van der Waals surface area contributed by atoms with E-state index in [-0.39, 0.29) is 6.47 Å². The SMILES string of the molecule is CCCC(N)CCC.O=CO. The minimum Gasteiger partial charge on any atom is -0.483 e. The van der Waals surface area contributed by atoms with E-state index in [9.17, 15) is 0 Å². The first-order valence-corrected chi connectivity index (χ1v) is 4.06. The Hall–Kier alpha value is -0.570. The van der Waals surface area contributed by atoms with Gasteiger partial charge in [-0.2, -0.15) is 0 Å². The molecule has 0 radical (unpaired) electrons. The molecule has 0 aliphatic carbocycles. The van der Waals surface area contributed by atoms with Crippen molar-refractivity contribution in [1.82, 2.24) is 0 Å². The van der Waals surface area contributed by atoms with Crippen LogP contribution in [0.1, 0.15) is 39.5 Å². The third-order valence-electron chi connectivity index (χ3n) is 1.32. The van der Waals surface area contributed by atoms with E-state index in [1.165, 1.54) is 25.7 Å². The molecule has 11 heavy (non-hydrogen) atoms. The second-order valence-electron chi connectivity index (χ2n) is 2.44. The molecule has 0 aliphatic rings. The quantitative estimate of drug-likeness (QED) is 0.616. The molecular formula is C8H19NO2. The van der Waals surface area contributed by atoms with Gasteiger partial charge in [0.25, 0.3) is 6.47 Å². The molecule has 68 valence electrons. The first-order valence-electron chi connectivity index (χ1n) is 4.06. The van der Waals surface area contributed by atoms with Gasteiger partial charge in [0.1, 0.15) is 0 Å². The van der Waals surface area contributed by atoms with E-state index in [0.717, 1.165) is 0 Å². The summed E-state index contributed by atoms with van der Waals surface area (Å²) in [6, 6.07) is 0.463. The van der Waals surface area contributed by atoms with Gasteiger partial charge in [-0.1, -0.05) is 26.7 Å². The second kappa shape index (κ2) is 12.1. The fraction of sp³-hybridized carbons (Fsp3) is 0.875. The van der Waals surface area contributed by atoms with Crippen LogP contribution in [0.15, 0.2) is 0 Å². The molecular weight excluding hydrogens is 142 g/mol. The summed E-state index contributed by atoms with van der Waals surface area (Å²) in [6.45, 7) is 4.10. The van der Waals surface area contributed by atoms with E-state index in [0.29, 0.717) is 6.04 Å². The van der Waals surface area contributed by atoms with Crippen LogP contribution in [0.5, 0.6) is 0 Å². The molecule has 0 spiro atoms. The maximum Gasteiger partial charge on any atom is 0.290 e. The fourth-order valence-electron chi connectivity index (χ4n) is 0.886. The third-order valence-corrected chi connectivity index (χ3v) is 1.32. The Labute approximate surface area is 68.6 Å². The van der Waals surface area contributed by atoms with Gasteiger partial charge >= 0.3 is 0 Å². The molecule has 0 unspecified atom stereocenters. The van der Waals surface area contributed by atoms with Crippen LogP contribution >= 0.6 is 0 Å². The lowest BCUT2D eigenvalue weighted by Gasteiger charge is -2.05. The van der Waals surface area contributed by atoms with Gasteiger partial charge in [0, 0.05) is 6.04 Å². The largest absolute Gasteiger partial charge is 0.483 e. The monoisotopic (exact) mass is 161 g/mol. The van der Waals surface area contributed by atoms with Gasteiger partial charge in [0.15, 0.2) is 0 Å². The summed E-state index contributed by atoms with van der Waals surface area (Å²) < 4.78 is 0. The molecule has 3 nitrogen and oxygen atoms in total. The van der Waals surface area contributed by atoms with Gasteiger partial charge in [-0.05, 0) is 12.8 Å². The van der Waals surface area contributed by atoms with Crippen LogP contribution in [0.4, 0.5) is 0 Å². The Balaban J connectivity index is 0. The lowest BCUT2D eigenvalue weighted by atomic mass is 10.1. The van der Waals surface area contributed by atoms with Gasteiger partial charge in [0.05, 0.1) is 0 Å². The molecule has 0 aromatic carbocycles. The van der Waals surface area contributed by atoms with Crippen molar-refractivity contribution in [3.05, 3.63) is 0 Å². The van der Waals surface area contributed by atoms with Gasteiger partial charge in [-0.25, -0.2) is 0 Å². The maximum absolute atomic E-state index is 8.36. The van der Waals surface area contributed by atoms with Crippen LogP contribution in [0.25, 0.3) is 0 Å². The average Bonchev–Trinajstić information content (AvgIpc) is 1.90. The summed E-state index contributed by atoms with van der Waals surface area (Å²) in [7, 11) is 0. The number of nitrogens with two attached hydrogens (primary N) is 1. The molecule has 0 amide bonds. The van der Waals surface area contributed by atoms with Crippen LogP contribution in [-0.4, -0.2) is 17.6 Å². The highest BCUT2D eigenvalue weighted by Gasteiger charge is 1.95. The zero-order chi connectivity index (χ0) is 9.11. The molecule has 0 aromatic rings. The van der Waals surface area contributed by atoms with Gasteiger partial charge in [-0.15, -0.1) is 0 Å². The average molecular weight is 161 g/mol. The van der Waals surface area contributed by atoms with Crippen molar-refractivity contribution in [1.29, 1.82) is 0 Å². The topological polar surface area (TPSA) is 63.3 Å². The molecule has 0 atom stereocenters. The molecule has 0 rings (SSSR count). The first-order chi connectivity index (χ1) is 5.22. The molecule has 0 aromatic heterocycles. The summed E-state index contributed by atoms with van der Waals surface area (Å²) >= 11 is 0. The van der Waals surface area contributed by atoms with Crippen molar-refractivity contribution in [3.8, 4) is 0 Å². The van der Waals surface area contributed by atoms with Crippen LogP contribution in [0.3, 0.4) is 0 Å². The van der Waals surface area contributed by atoms with E-state index >= 15 is 0 Å². The van der Waals surface area contributed by atoms with Crippen molar-refractivity contribution in [3.63, 3.8) is 0 Å². The van der Waals surface area contributed by atoms with E-state index < -0.39 is 0 Å². The van der Waals surface area contributed by atoms with E-state index in [1.807, 2.05) is 0 Å². The summed E-state index contributed by atoms with van der Waals surface area (Å²) in [4.78, 5) is 8.36. The number of hydrogen-bond acceptors (Lipinski definition) is 2. The smallest absolute Gasteiger partial charge is 0.290 e. The highest BCUT2D eigenvalue weighted by atomic mass is 16.3. The molecule has 3 N–H and O–H groups in total. The lowest BCUT2D eigenvalue weighted by molar-refractivity contribution is -0.122. The van der Waals surface area contributed by atoms with E-state index in [2.05, 4.69) is 13.8 Å². The van der Waals surface area contributed by atoms with Crippen molar-refractivity contribution in [2.75, 3.05) is 0 Å². The highest BCUT2D eigenvalue weighted by molar-refractivity contribution is 5.32. The van der Waals surface area contributed by atoms with Crippen molar-refractivity contribution in [2.45, 2.75) is 45.6 Å². The summed E-state index contributed by atoms with van der Waals surface area (Å²) in [6.07, 6.45) is 4.82. The normalized spacial score (nSPS) is 8.73.